The Morgan fingerprint density at radius 3 is 2.76 bits per heavy atom. The summed E-state index contributed by atoms with van der Waals surface area (Å²) in [5, 5.41) is 6.70. The van der Waals surface area contributed by atoms with E-state index in [0.717, 1.165) is 10.6 Å². The van der Waals surface area contributed by atoms with Gasteiger partial charge in [0.2, 0.25) is 0 Å². The molecule has 1 heterocycles. The van der Waals surface area contributed by atoms with E-state index in [1.165, 1.54) is 11.3 Å². The number of thiazole rings is 1. The summed E-state index contributed by atoms with van der Waals surface area (Å²) in [4.78, 5) is 18.0. The second-order valence-electron chi connectivity index (χ2n) is 4.69. The topological polar surface area (TPSA) is 80.0 Å². The highest BCUT2D eigenvalue weighted by molar-refractivity contribution is 7.98. The van der Waals surface area contributed by atoms with Crippen LogP contribution in [0.3, 0.4) is 0 Å². The number of carbonyl (C=O) groups is 1. The zero-order valence-corrected chi connectivity index (χ0v) is 13.8. The molecule has 0 atom stereocenters. The molecule has 0 fully saturated rings. The molecule has 0 spiro atoms. The van der Waals surface area contributed by atoms with Gasteiger partial charge in [0, 0.05) is 10.9 Å². The zero-order valence-electron chi connectivity index (χ0n) is 12.1. The maximum Gasteiger partial charge on any atom is 0.269 e. The average Bonchev–Trinajstić information content (AvgIpc) is 2.79. The van der Waals surface area contributed by atoms with Gasteiger partial charge in [-0.1, -0.05) is 23.5 Å². The number of thioether (sulfide) groups is 1. The van der Waals surface area contributed by atoms with E-state index in [0.29, 0.717) is 10.0 Å². The molecule has 112 valence electrons. The van der Waals surface area contributed by atoms with Gasteiger partial charge in [-0.15, -0.1) is 11.8 Å². The minimum Gasteiger partial charge on any atom is -0.382 e. The first-order valence-electron chi connectivity index (χ1n) is 6.48. The summed E-state index contributed by atoms with van der Waals surface area (Å²) in [5.41, 5.74) is 6.61. The van der Waals surface area contributed by atoms with Crippen LogP contribution in [0.1, 0.15) is 23.5 Å². The molecule has 2 rings (SSSR count). The Balaban J connectivity index is 2.18. The van der Waals surface area contributed by atoms with Crippen molar-refractivity contribution in [3.8, 4) is 0 Å². The first kappa shape index (κ1) is 15.7. The molecule has 1 aromatic carbocycles. The highest BCUT2D eigenvalue weighted by atomic mass is 32.2. The van der Waals surface area contributed by atoms with E-state index >= 15 is 0 Å². The van der Waals surface area contributed by atoms with Gasteiger partial charge in [-0.25, -0.2) is 4.98 Å². The van der Waals surface area contributed by atoms with Crippen LogP contribution in [-0.2, 0) is 0 Å². The maximum absolute atomic E-state index is 12.3. The third kappa shape index (κ3) is 3.89. The van der Waals surface area contributed by atoms with E-state index in [1.807, 2.05) is 44.4 Å². The van der Waals surface area contributed by atoms with E-state index in [2.05, 4.69) is 15.6 Å². The van der Waals surface area contributed by atoms with Gasteiger partial charge >= 0.3 is 0 Å². The second kappa shape index (κ2) is 6.82. The van der Waals surface area contributed by atoms with E-state index in [9.17, 15) is 4.79 Å². The highest BCUT2D eigenvalue weighted by Crippen LogP contribution is 2.29. The van der Waals surface area contributed by atoms with Gasteiger partial charge in [0.15, 0.2) is 5.13 Å². The fraction of sp³-hybridized carbons (Fsp3) is 0.286. The van der Waals surface area contributed by atoms with Crippen LogP contribution < -0.4 is 16.4 Å². The number of anilines is 3. The number of benzene rings is 1. The minimum atomic E-state index is -0.233. The van der Waals surface area contributed by atoms with E-state index < -0.39 is 0 Å². The van der Waals surface area contributed by atoms with Gasteiger partial charge < -0.3 is 16.4 Å². The van der Waals surface area contributed by atoms with Crippen molar-refractivity contribution >= 4 is 45.6 Å². The molecule has 0 aliphatic heterocycles. The predicted molar refractivity (Wildman–Crippen MR) is 91.5 cm³/mol. The van der Waals surface area contributed by atoms with Crippen molar-refractivity contribution in [3.63, 3.8) is 0 Å². The standard InChI is InChI=1S/C14H18N4OS2/c1-8(2)16-14-18-12(15)11(21-14)13(19)17-9-6-4-5-7-10(9)20-3/h4-8H,15H2,1-3H3,(H,16,18)(H,17,19). The smallest absolute Gasteiger partial charge is 0.269 e. The molecule has 0 unspecified atom stereocenters. The van der Waals surface area contributed by atoms with Gasteiger partial charge in [-0.2, -0.15) is 0 Å². The Kier molecular flexibility index (Phi) is 5.08. The van der Waals surface area contributed by atoms with Crippen LogP contribution in [-0.4, -0.2) is 23.2 Å². The van der Waals surface area contributed by atoms with E-state index in [1.54, 1.807) is 11.8 Å². The SMILES string of the molecule is CSc1ccccc1NC(=O)c1sc(NC(C)C)nc1N. The summed E-state index contributed by atoms with van der Waals surface area (Å²) in [7, 11) is 0. The average molecular weight is 322 g/mol. The van der Waals surface area contributed by atoms with Gasteiger partial charge in [0.05, 0.1) is 5.69 Å². The van der Waals surface area contributed by atoms with Gasteiger partial charge in [-0.3, -0.25) is 4.79 Å². The fourth-order valence-electron chi connectivity index (χ4n) is 1.73. The predicted octanol–water partition coefficient (Wildman–Crippen LogP) is 3.52. The van der Waals surface area contributed by atoms with Crippen LogP contribution in [0.15, 0.2) is 29.2 Å². The summed E-state index contributed by atoms with van der Waals surface area (Å²) < 4.78 is 0. The summed E-state index contributed by atoms with van der Waals surface area (Å²) in [6.07, 6.45) is 1.97. The van der Waals surface area contributed by atoms with Crippen LogP contribution in [0, 0.1) is 0 Å². The maximum atomic E-state index is 12.3. The van der Waals surface area contributed by atoms with Crippen LogP contribution in [0.4, 0.5) is 16.6 Å². The number of amides is 1. The summed E-state index contributed by atoms with van der Waals surface area (Å²) in [6.45, 7) is 4.01. The lowest BCUT2D eigenvalue weighted by Gasteiger charge is -2.08. The van der Waals surface area contributed by atoms with Crippen molar-refractivity contribution in [2.45, 2.75) is 24.8 Å². The molecule has 5 nitrogen and oxygen atoms in total. The molecule has 0 aliphatic carbocycles. The molecule has 1 amide bonds. The first-order chi connectivity index (χ1) is 10.0. The summed E-state index contributed by atoms with van der Waals surface area (Å²) >= 11 is 2.84. The number of nitrogen functional groups attached to an aromatic ring is 1. The number of aromatic nitrogens is 1. The zero-order chi connectivity index (χ0) is 15.4. The van der Waals surface area contributed by atoms with Crippen molar-refractivity contribution < 1.29 is 4.79 Å². The van der Waals surface area contributed by atoms with E-state index in [4.69, 9.17) is 5.73 Å². The van der Waals surface area contributed by atoms with Crippen LogP contribution in [0.5, 0.6) is 0 Å². The summed E-state index contributed by atoms with van der Waals surface area (Å²) in [5.74, 6) is 0.0191. The van der Waals surface area contributed by atoms with Crippen LogP contribution in [0.2, 0.25) is 0 Å². The Bertz CT molecular complexity index is 640. The molecule has 7 heteroatoms. The molecule has 2 aromatic rings. The Hall–Kier alpha value is -1.73. The number of hydrogen-bond donors (Lipinski definition) is 3. The molecule has 1 aromatic heterocycles. The third-order valence-electron chi connectivity index (χ3n) is 2.63. The van der Waals surface area contributed by atoms with Crippen molar-refractivity contribution in [1.82, 2.24) is 4.98 Å². The van der Waals surface area contributed by atoms with Crippen molar-refractivity contribution in [3.05, 3.63) is 29.1 Å². The number of nitrogens with zero attached hydrogens (tertiary/aromatic N) is 1. The lowest BCUT2D eigenvalue weighted by molar-refractivity contribution is 0.103. The molecule has 0 radical (unpaired) electrons. The number of nitrogens with one attached hydrogen (secondary N) is 2. The van der Waals surface area contributed by atoms with Crippen molar-refractivity contribution in [2.75, 3.05) is 22.6 Å². The van der Waals surface area contributed by atoms with E-state index in [-0.39, 0.29) is 17.8 Å². The Morgan fingerprint density at radius 1 is 1.38 bits per heavy atom. The second-order valence-corrected chi connectivity index (χ2v) is 6.53. The lowest BCUT2D eigenvalue weighted by Crippen LogP contribution is -2.12. The molecular weight excluding hydrogens is 304 g/mol. The van der Waals surface area contributed by atoms with Gasteiger partial charge in [0.25, 0.3) is 5.91 Å². The minimum absolute atomic E-state index is 0.233. The number of hydrogen-bond acceptors (Lipinski definition) is 6. The molecule has 4 N–H and O–H groups in total. The third-order valence-corrected chi connectivity index (χ3v) is 4.42. The highest BCUT2D eigenvalue weighted by Gasteiger charge is 2.17. The quantitative estimate of drug-likeness (QED) is 0.734. The van der Waals surface area contributed by atoms with Gasteiger partial charge in [0.1, 0.15) is 10.7 Å². The molecule has 21 heavy (non-hydrogen) atoms. The van der Waals surface area contributed by atoms with Crippen molar-refractivity contribution in [2.24, 2.45) is 0 Å². The van der Waals surface area contributed by atoms with Gasteiger partial charge in [-0.05, 0) is 32.2 Å². The van der Waals surface area contributed by atoms with Crippen LogP contribution in [0.25, 0.3) is 0 Å². The molecule has 0 saturated heterocycles. The molecular formula is C14H18N4OS2. The molecule has 0 saturated carbocycles. The number of rotatable bonds is 5. The lowest BCUT2D eigenvalue weighted by atomic mass is 10.3. The Labute approximate surface area is 132 Å². The number of carbonyl (C=O) groups excluding carboxylic acids is 1. The molecule has 0 bridgehead atoms. The fourth-order valence-corrected chi connectivity index (χ4v) is 3.21. The largest absolute Gasteiger partial charge is 0.382 e. The van der Waals surface area contributed by atoms with Crippen LogP contribution >= 0.6 is 23.1 Å². The Morgan fingerprint density at radius 2 is 2.10 bits per heavy atom. The number of nitrogens with two attached hydrogens (primary N) is 1. The normalized spacial score (nSPS) is 10.7. The number of para-hydroxylation sites is 1. The van der Waals surface area contributed by atoms with Crippen molar-refractivity contribution in [1.29, 1.82) is 0 Å². The summed E-state index contributed by atoms with van der Waals surface area (Å²) in [6, 6.07) is 7.89. The monoisotopic (exact) mass is 322 g/mol. The molecule has 0 aliphatic rings. The first-order valence-corrected chi connectivity index (χ1v) is 8.52.